The molecule has 1 aliphatic carbocycles. The van der Waals surface area contributed by atoms with E-state index in [0.29, 0.717) is 66.7 Å². The van der Waals surface area contributed by atoms with Gasteiger partial charge in [-0.15, -0.1) is 0 Å². The molecule has 3 saturated heterocycles. The second kappa shape index (κ2) is 11.4. The Bertz CT molecular complexity index is 1390. The Labute approximate surface area is 242 Å². The molecule has 12 heteroatoms. The average Bonchev–Trinajstić information content (AvgIpc) is 3.70. The van der Waals surface area contributed by atoms with Gasteiger partial charge in [-0.25, -0.2) is 9.78 Å². The Morgan fingerprint density at radius 2 is 1.78 bits per heavy atom. The summed E-state index contributed by atoms with van der Waals surface area (Å²) in [6.07, 6.45) is 1.70. The van der Waals surface area contributed by atoms with E-state index in [1.165, 1.54) is 5.56 Å². The van der Waals surface area contributed by atoms with Crippen molar-refractivity contribution in [3.63, 3.8) is 0 Å². The van der Waals surface area contributed by atoms with Crippen LogP contribution in [-0.4, -0.2) is 101 Å². The number of aliphatic hydroxyl groups excluding tert-OH is 1. The van der Waals surface area contributed by atoms with Gasteiger partial charge in [0.2, 0.25) is 0 Å². The van der Waals surface area contributed by atoms with Gasteiger partial charge in [0.1, 0.15) is 29.9 Å². The van der Waals surface area contributed by atoms with Crippen molar-refractivity contribution in [3.05, 3.63) is 40.9 Å². The van der Waals surface area contributed by atoms with Crippen LogP contribution in [-0.2, 0) is 18.9 Å². The zero-order valence-electron chi connectivity index (χ0n) is 22.5. The molecule has 0 spiro atoms. The molecular weight excluding hydrogens is 552 g/mol. The minimum Gasteiger partial charge on any atom is -0.456 e. The summed E-state index contributed by atoms with van der Waals surface area (Å²) in [6, 6.07) is 10.5. The van der Waals surface area contributed by atoms with Gasteiger partial charge < -0.3 is 33.7 Å². The van der Waals surface area contributed by atoms with Gasteiger partial charge in [0, 0.05) is 18.7 Å². The number of carbonyl (C=O) groups excluding carboxylic acids is 1. The second-order valence-electron chi connectivity index (χ2n) is 11.1. The number of benzene rings is 1. The summed E-state index contributed by atoms with van der Waals surface area (Å²) in [6.45, 7) is 2.89. The molecule has 1 amide bonds. The van der Waals surface area contributed by atoms with Gasteiger partial charge in [0.15, 0.2) is 11.8 Å². The highest BCUT2D eigenvalue weighted by molar-refractivity contribution is 6.33. The molecule has 41 heavy (non-hydrogen) atoms. The molecule has 4 aliphatic rings. The maximum Gasteiger partial charge on any atom is 0.410 e. The molecule has 1 aromatic carbocycles. The lowest BCUT2D eigenvalue weighted by atomic mass is 9.82. The number of hydrogen-bond donors (Lipinski definition) is 2. The predicted octanol–water partition coefficient (Wildman–Crippen LogP) is 3.68. The number of pyridine rings is 1. The van der Waals surface area contributed by atoms with Crippen molar-refractivity contribution in [1.82, 2.24) is 19.9 Å². The molecule has 7 rings (SSSR count). The van der Waals surface area contributed by atoms with Gasteiger partial charge >= 0.3 is 6.09 Å². The van der Waals surface area contributed by atoms with Crippen molar-refractivity contribution in [2.45, 2.75) is 62.1 Å². The Balaban J connectivity index is 0.981. The first-order valence-corrected chi connectivity index (χ1v) is 14.7. The molecule has 218 valence electrons. The molecule has 3 aromatic rings. The molecule has 1 saturated carbocycles. The lowest BCUT2D eigenvalue weighted by Crippen LogP contribution is -2.42. The summed E-state index contributed by atoms with van der Waals surface area (Å²) in [5, 5.41) is 10.5. The van der Waals surface area contributed by atoms with Crippen molar-refractivity contribution in [2.24, 2.45) is 0 Å². The Morgan fingerprint density at radius 3 is 2.56 bits per heavy atom. The molecule has 0 radical (unpaired) electrons. The number of ether oxygens (including phenoxy) is 5. The third-order valence-electron chi connectivity index (χ3n) is 8.51. The van der Waals surface area contributed by atoms with Crippen molar-refractivity contribution < 1.29 is 33.6 Å². The van der Waals surface area contributed by atoms with Crippen LogP contribution in [0, 0.1) is 0 Å². The zero-order valence-corrected chi connectivity index (χ0v) is 23.3. The van der Waals surface area contributed by atoms with Crippen LogP contribution in [0.5, 0.6) is 6.01 Å². The van der Waals surface area contributed by atoms with E-state index in [9.17, 15) is 9.90 Å². The minimum atomic E-state index is -0.640. The third-order valence-corrected chi connectivity index (χ3v) is 8.80. The largest absolute Gasteiger partial charge is 0.456 e. The standard InChI is InChI=1S/C29H33ClN4O7/c30-20-13-21-27(33-28(31-21)41-23-15-39-25-22(35)14-38-26(23)25)32-24(20)18-3-1-16(2-4-18)17-5-7-19(8-6-17)40-29(36)34-9-11-37-12-10-34/h1-4,13,17,19,22-23,25-26,35H,5-12,14-15H2,(H,31,32,33)/t17?,19?,22-,23-,25-,26-/m1/s1. The van der Waals surface area contributed by atoms with Crippen molar-refractivity contribution in [1.29, 1.82) is 0 Å². The van der Waals surface area contributed by atoms with Crippen LogP contribution < -0.4 is 4.74 Å². The number of morpholine rings is 1. The van der Waals surface area contributed by atoms with Gasteiger partial charge in [-0.1, -0.05) is 35.9 Å². The predicted molar refractivity (Wildman–Crippen MR) is 148 cm³/mol. The summed E-state index contributed by atoms with van der Waals surface area (Å²) in [5.74, 6) is 0.421. The summed E-state index contributed by atoms with van der Waals surface area (Å²) >= 11 is 6.63. The number of nitrogens with zero attached hydrogens (tertiary/aromatic N) is 3. The molecule has 5 heterocycles. The number of amides is 1. The second-order valence-corrected chi connectivity index (χ2v) is 11.5. The third kappa shape index (κ3) is 5.49. The smallest absolute Gasteiger partial charge is 0.410 e. The number of hydrogen-bond acceptors (Lipinski definition) is 9. The molecule has 4 atom stereocenters. The Hall–Kier alpha value is -2.96. The van der Waals surface area contributed by atoms with Crippen LogP contribution in [0.15, 0.2) is 30.3 Å². The molecule has 4 fully saturated rings. The Morgan fingerprint density at radius 1 is 1.02 bits per heavy atom. The first-order valence-electron chi connectivity index (χ1n) is 14.3. The van der Waals surface area contributed by atoms with E-state index in [4.69, 9.17) is 40.3 Å². The van der Waals surface area contributed by atoms with Crippen LogP contribution in [0.1, 0.15) is 37.2 Å². The quantitative estimate of drug-likeness (QED) is 0.461. The van der Waals surface area contributed by atoms with E-state index in [-0.39, 0.29) is 37.1 Å². The summed E-state index contributed by atoms with van der Waals surface area (Å²) in [5.41, 5.74) is 3.99. The lowest BCUT2D eigenvalue weighted by molar-refractivity contribution is 0.00445. The van der Waals surface area contributed by atoms with Gasteiger partial charge in [-0.2, -0.15) is 4.98 Å². The van der Waals surface area contributed by atoms with E-state index in [2.05, 4.69) is 22.1 Å². The normalized spacial score (nSPS) is 30.0. The lowest BCUT2D eigenvalue weighted by Gasteiger charge is -2.32. The van der Waals surface area contributed by atoms with E-state index in [0.717, 1.165) is 31.2 Å². The fraction of sp³-hybridized carbons (Fsp3) is 0.552. The van der Waals surface area contributed by atoms with Crippen LogP contribution in [0.4, 0.5) is 4.79 Å². The van der Waals surface area contributed by atoms with Gasteiger partial charge in [-0.05, 0) is 43.2 Å². The zero-order chi connectivity index (χ0) is 27.9. The number of nitrogens with one attached hydrogen (secondary N) is 1. The van der Waals surface area contributed by atoms with E-state index in [1.54, 1.807) is 11.0 Å². The number of H-pyrrole nitrogens is 1. The number of rotatable bonds is 5. The number of carbonyl (C=O) groups is 1. The van der Waals surface area contributed by atoms with Gasteiger partial charge in [-0.3, -0.25) is 4.98 Å². The summed E-state index contributed by atoms with van der Waals surface area (Å²) in [7, 11) is 0. The fourth-order valence-electron chi connectivity index (χ4n) is 6.23. The molecule has 3 aliphatic heterocycles. The summed E-state index contributed by atoms with van der Waals surface area (Å²) < 4.78 is 28.4. The SMILES string of the molecule is O=C(OC1CCC(c2ccc(-c3nc4[nH]c(O[C@@H]5CO[C@H]6[C@@H]5OC[C@H]6O)nc4cc3Cl)cc2)CC1)N1CCOCC1. The van der Waals surface area contributed by atoms with E-state index < -0.39 is 6.10 Å². The molecule has 2 aromatic heterocycles. The Kier molecular flexibility index (Phi) is 7.46. The van der Waals surface area contributed by atoms with Crippen LogP contribution in [0.3, 0.4) is 0 Å². The number of aliphatic hydroxyl groups is 1. The molecule has 2 N–H and O–H groups in total. The summed E-state index contributed by atoms with van der Waals surface area (Å²) in [4.78, 5) is 26.5. The topological polar surface area (TPSA) is 128 Å². The number of halogens is 1. The minimum absolute atomic E-state index is 0.0289. The molecule has 0 bridgehead atoms. The van der Waals surface area contributed by atoms with Gasteiger partial charge in [0.25, 0.3) is 6.01 Å². The number of aromatic nitrogens is 3. The van der Waals surface area contributed by atoms with Crippen molar-refractivity contribution in [2.75, 3.05) is 39.5 Å². The monoisotopic (exact) mass is 584 g/mol. The first kappa shape index (κ1) is 26.9. The van der Waals surface area contributed by atoms with Crippen LogP contribution in [0.25, 0.3) is 22.4 Å². The number of imidazole rings is 1. The maximum atomic E-state index is 12.4. The molecular formula is C29H33ClN4O7. The fourth-order valence-corrected chi connectivity index (χ4v) is 6.49. The van der Waals surface area contributed by atoms with Crippen molar-refractivity contribution >= 4 is 28.9 Å². The molecule has 11 nitrogen and oxygen atoms in total. The molecule has 0 unspecified atom stereocenters. The maximum absolute atomic E-state index is 12.4. The van der Waals surface area contributed by atoms with Gasteiger partial charge in [0.05, 0.1) is 37.1 Å². The number of fused-ring (bicyclic) bond motifs is 2. The highest BCUT2D eigenvalue weighted by Crippen LogP contribution is 2.36. The van der Waals surface area contributed by atoms with Crippen LogP contribution in [0.2, 0.25) is 5.02 Å². The van der Waals surface area contributed by atoms with Crippen LogP contribution >= 0.6 is 11.6 Å². The van der Waals surface area contributed by atoms with E-state index in [1.807, 2.05) is 12.1 Å². The number of aromatic amines is 1. The van der Waals surface area contributed by atoms with E-state index >= 15 is 0 Å². The average molecular weight is 585 g/mol. The first-order chi connectivity index (χ1) is 20.0. The highest BCUT2D eigenvalue weighted by Gasteiger charge is 2.48. The van der Waals surface area contributed by atoms with Crippen molar-refractivity contribution in [3.8, 4) is 17.3 Å². The highest BCUT2D eigenvalue weighted by atomic mass is 35.5.